The van der Waals surface area contributed by atoms with Gasteiger partial charge in [-0.15, -0.1) is 5.10 Å². The van der Waals surface area contributed by atoms with E-state index in [1.165, 1.54) is 12.8 Å². The van der Waals surface area contributed by atoms with Gasteiger partial charge < -0.3 is 0 Å². The number of likely N-dealkylation sites (tertiary alicyclic amines) is 1. The average molecular weight is 296 g/mol. The molecule has 0 saturated carbocycles. The second kappa shape index (κ2) is 6.67. The Morgan fingerprint density at radius 1 is 1.18 bits per heavy atom. The van der Waals surface area contributed by atoms with Crippen molar-refractivity contribution in [2.75, 3.05) is 13.1 Å². The second-order valence-corrected chi connectivity index (χ2v) is 6.02. The van der Waals surface area contributed by atoms with Crippen LogP contribution in [0.1, 0.15) is 36.7 Å². The van der Waals surface area contributed by atoms with Gasteiger partial charge in [0.25, 0.3) is 0 Å². The average Bonchev–Trinajstić information content (AvgIpc) is 2.97. The van der Waals surface area contributed by atoms with Crippen molar-refractivity contribution in [1.82, 2.24) is 25.1 Å². The van der Waals surface area contributed by atoms with E-state index in [9.17, 15) is 0 Å². The summed E-state index contributed by atoms with van der Waals surface area (Å²) in [5.41, 5.74) is 1.77. The van der Waals surface area contributed by atoms with E-state index >= 15 is 0 Å². The van der Waals surface area contributed by atoms with E-state index in [2.05, 4.69) is 33.4 Å². The first-order chi connectivity index (χ1) is 10.7. The Balaban J connectivity index is 1.65. The summed E-state index contributed by atoms with van der Waals surface area (Å²) in [6.45, 7) is 5.98. The zero-order chi connectivity index (χ0) is 15.4. The summed E-state index contributed by atoms with van der Waals surface area (Å²) in [4.78, 5) is 2.42. The van der Waals surface area contributed by atoms with E-state index in [4.69, 9.17) is 5.26 Å². The van der Waals surface area contributed by atoms with E-state index in [1.807, 2.05) is 28.9 Å². The molecule has 1 aromatic heterocycles. The van der Waals surface area contributed by atoms with Crippen LogP contribution >= 0.6 is 0 Å². The van der Waals surface area contributed by atoms with Gasteiger partial charge in [0.05, 0.1) is 24.7 Å². The lowest BCUT2D eigenvalue weighted by atomic mass is 9.99. The number of aromatic nitrogens is 4. The number of tetrazole rings is 1. The van der Waals surface area contributed by atoms with Crippen LogP contribution in [0.2, 0.25) is 0 Å². The molecule has 22 heavy (non-hydrogen) atoms. The van der Waals surface area contributed by atoms with E-state index in [1.54, 1.807) is 0 Å². The third-order valence-corrected chi connectivity index (χ3v) is 4.26. The Bertz CT molecular complexity index is 646. The third-order valence-electron chi connectivity index (χ3n) is 4.26. The van der Waals surface area contributed by atoms with Gasteiger partial charge in [-0.25, -0.2) is 4.68 Å². The van der Waals surface area contributed by atoms with Gasteiger partial charge in [-0.2, -0.15) is 5.26 Å². The van der Waals surface area contributed by atoms with Gasteiger partial charge in [0.15, 0.2) is 5.82 Å². The quantitative estimate of drug-likeness (QED) is 0.860. The topological polar surface area (TPSA) is 70.6 Å². The first kappa shape index (κ1) is 14.7. The molecule has 3 rings (SSSR count). The van der Waals surface area contributed by atoms with Gasteiger partial charge in [0.1, 0.15) is 0 Å². The lowest BCUT2D eigenvalue weighted by molar-refractivity contribution is 0.179. The van der Waals surface area contributed by atoms with Crippen molar-refractivity contribution in [2.24, 2.45) is 5.92 Å². The second-order valence-electron chi connectivity index (χ2n) is 6.02. The van der Waals surface area contributed by atoms with Crippen molar-refractivity contribution >= 4 is 0 Å². The Labute approximate surface area is 130 Å². The normalized spacial score (nSPS) is 16.5. The van der Waals surface area contributed by atoms with Crippen molar-refractivity contribution in [3.8, 4) is 6.07 Å². The van der Waals surface area contributed by atoms with Crippen LogP contribution in [0, 0.1) is 17.2 Å². The smallest absolute Gasteiger partial charge is 0.165 e. The molecule has 6 nitrogen and oxygen atoms in total. The SMILES string of the molecule is CC1CCN(Cc2nnnn2Cc2ccc(C#N)cc2)CC1. The molecule has 2 aromatic rings. The Hall–Kier alpha value is -2.26. The van der Waals surface area contributed by atoms with Crippen LogP contribution in [0.5, 0.6) is 0 Å². The first-order valence-electron chi connectivity index (χ1n) is 7.71. The molecular formula is C16H20N6. The standard InChI is InChI=1S/C16H20N6/c1-13-6-8-21(9-7-13)12-16-18-19-20-22(16)11-15-4-2-14(10-17)3-5-15/h2-5,13H,6-9,11-12H2,1H3. The molecule has 1 saturated heterocycles. The number of nitrogens with zero attached hydrogens (tertiary/aromatic N) is 6. The minimum Gasteiger partial charge on any atom is -0.296 e. The number of hydrogen-bond donors (Lipinski definition) is 0. The highest BCUT2D eigenvalue weighted by atomic mass is 15.5. The summed E-state index contributed by atoms with van der Waals surface area (Å²) < 4.78 is 1.85. The van der Waals surface area contributed by atoms with Crippen molar-refractivity contribution in [1.29, 1.82) is 5.26 Å². The monoisotopic (exact) mass is 296 g/mol. The summed E-state index contributed by atoms with van der Waals surface area (Å²) >= 11 is 0. The molecule has 1 fully saturated rings. The maximum absolute atomic E-state index is 8.84. The maximum Gasteiger partial charge on any atom is 0.165 e. The van der Waals surface area contributed by atoms with Crippen LogP contribution in [-0.2, 0) is 13.1 Å². The number of benzene rings is 1. The Morgan fingerprint density at radius 3 is 2.59 bits per heavy atom. The van der Waals surface area contributed by atoms with Gasteiger partial charge in [-0.1, -0.05) is 19.1 Å². The van der Waals surface area contributed by atoms with Crippen LogP contribution < -0.4 is 0 Å². The molecule has 1 aromatic carbocycles. The Morgan fingerprint density at radius 2 is 1.91 bits per heavy atom. The van der Waals surface area contributed by atoms with Gasteiger partial charge in [0, 0.05) is 0 Å². The molecule has 0 spiro atoms. The van der Waals surface area contributed by atoms with E-state index in [0.29, 0.717) is 12.1 Å². The molecule has 6 heteroatoms. The van der Waals surface area contributed by atoms with Gasteiger partial charge >= 0.3 is 0 Å². The third kappa shape index (κ3) is 3.49. The highest BCUT2D eigenvalue weighted by molar-refractivity contribution is 5.31. The minimum absolute atomic E-state index is 0.637. The van der Waals surface area contributed by atoms with Crippen LogP contribution in [0.3, 0.4) is 0 Å². The van der Waals surface area contributed by atoms with Crippen LogP contribution in [0.4, 0.5) is 0 Å². The summed E-state index contributed by atoms with van der Waals surface area (Å²) in [5.74, 6) is 1.73. The maximum atomic E-state index is 8.84. The predicted octanol–water partition coefficient (Wildman–Crippen LogP) is 1.82. The fraction of sp³-hybridized carbons (Fsp3) is 0.500. The van der Waals surface area contributed by atoms with E-state index in [0.717, 1.165) is 36.9 Å². The van der Waals surface area contributed by atoms with Crippen molar-refractivity contribution < 1.29 is 0 Å². The summed E-state index contributed by atoms with van der Waals surface area (Å²) in [6, 6.07) is 9.68. The fourth-order valence-corrected chi connectivity index (χ4v) is 2.74. The summed E-state index contributed by atoms with van der Waals surface area (Å²) in [5, 5.41) is 20.9. The van der Waals surface area contributed by atoms with Gasteiger partial charge in [-0.05, 0) is 60.0 Å². The van der Waals surface area contributed by atoms with Gasteiger partial charge in [-0.3, -0.25) is 4.90 Å². The van der Waals surface area contributed by atoms with Gasteiger partial charge in [0.2, 0.25) is 0 Å². The van der Waals surface area contributed by atoms with Crippen LogP contribution in [-0.4, -0.2) is 38.2 Å². The lowest BCUT2D eigenvalue weighted by Crippen LogP contribution is -2.33. The zero-order valence-corrected chi connectivity index (χ0v) is 12.8. The molecular weight excluding hydrogens is 276 g/mol. The van der Waals surface area contributed by atoms with Crippen LogP contribution in [0.25, 0.3) is 0 Å². The molecule has 2 heterocycles. The highest BCUT2D eigenvalue weighted by Crippen LogP contribution is 2.17. The fourth-order valence-electron chi connectivity index (χ4n) is 2.74. The molecule has 0 bridgehead atoms. The molecule has 1 aliphatic heterocycles. The van der Waals surface area contributed by atoms with Crippen molar-refractivity contribution in [3.63, 3.8) is 0 Å². The molecule has 1 aliphatic rings. The molecule has 0 N–H and O–H groups in total. The molecule has 0 aliphatic carbocycles. The molecule has 0 atom stereocenters. The van der Waals surface area contributed by atoms with E-state index in [-0.39, 0.29) is 0 Å². The number of hydrogen-bond acceptors (Lipinski definition) is 5. The van der Waals surface area contributed by atoms with Crippen LogP contribution in [0.15, 0.2) is 24.3 Å². The number of rotatable bonds is 4. The van der Waals surface area contributed by atoms with Crippen molar-refractivity contribution in [3.05, 3.63) is 41.2 Å². The van der Waals surface area contributed by atoms with E-state index < -0.39 is 0 Å². The minimum atomic E-state index is 0.637. The number of nitriles is 1. The molecule has 0 unspecified atom stereocenters. The summed E-state index contributed by atoms with van der Waals surface area (Å²) in [7, 11) is 0. The Kier molecular flexibility index (Phi) is 4.45. The summed E-state index contributed by atoms with van der Waals surface area (Å²) in [6.07, 6.45) is 2.49. The molecule has 0 amide bonds. The highest BCUT2D eigenvalue weighted by Gasteiger charge is 2.18. The number of piperidine rings is 1. The molecule has 0 radical (unpaired) electrons. The first-order valence-corrected chi connectivity index (χ1v) is 7.71. The van der Waals surface area contributed by atoms with Crippen molar-refractivity contribution in [2.45, 2.75) is 32.9 Å². The largest absolute Gasteiger partial charge is 0.296 e. The zero-order valence-electron chi connectivity index (χ0n) is 12.8. The molecule has 114 valence electrons. The lowest BCUT2D eigenvalue weighted by Gasteiger charge is -2.29. The predicted molar refractivity (Wildman–Crippen MR) is 81.8 cm³/mol.